The van der Waals surface area contributed by atoms with Crippen LogP contribution in [-0.4, -0.2) is 44.4 Å². The predicted octanol–water partition coefficient (Wildman–Crippen LogP) is 6.74. The molecule has 1 unspecified atom stereocenters. The van der Waals surface area contributed by atoms with Crippen molar-refractivity contribution in [1.29, 1.82) is 0 Å². The molecule has 182 valence electrons. The summed E-state index contributed by atoms with van der Waals surface area (Å²) in [6.07, 6.45) is 10.4. The number of piperidine rings is 2. The Bertz CT molecular complexity index is 757. The van der Waals surface area contributed by atoms with Gasteiger partial charge in [-0.3, -0.25) is 4.90 Å². The van der Waals surface area contributed by atoms with Crippen molar-refractivity contribution in [1.82, 2.24) is 4.90 Å². The second-order valence-electron chi connectivity index (χ2n) is 13.5. The Morgan fingerprint density at radius 3 is 2.41 bits per heavy atom. The highest BCUT2D eigenvalue weighted by Crippen LogP contribution is 2.71. The number of fused-ring (bicyclic) bond motifs is 8. The van der Waals surface area contributed by atoms with Crippen LogP contribution in [0.25, 0.3) is 0 Å². The molecule has 1 N–H and O–H groups in total. The zero-order valence-electron chi connectivity index (χ0n) is 20.1. The Kier molecular flexibility index (Phi) is 5.54. The van der Waals surface area contributed by atoms with Crippen molar-refractivity contribution >= 4 is 34.8 Å². The van der Waals surface area contributed by atoms with E-state index >= 15 is 0 Å². The van der Waals surface area contributed by atoms with Gasteiger partial charge in [-0.1, -0.05) is 13.8 Å². The van der Waals surface area contributed by atoms with E-state index in [9.17, 15) is 5.11 Å². The third-order valence-electron chi connectivity index (χ3n) is 12.0. The van der Waals surface area contributed by atoms with E-state index in [2.05, 4.69) is 25.7 Å². The lowest BCUT2D eigenvalue weighted by Crippen LogP contribution is -2.67. The van der Waals surface area contributed by atoms with Gasteiger partial charge in [0, 0.05) is 24.5 Å². The first-order valence-corrected chi connectivity index (χ1v) is 14.7. The van der Waals surface area contributed by atoms with Crippen LogP contribution in [0.2, 0.25) is 0 Å². The number of rotatable bonds is 0. The van der Waals surface area contributed by atoms with Crippen LogP contribution < -0.4 is 0 Å². The number of nitrogens with zero attached hydrogens (tertiary/aromatic N) is 1. The molecule has 2 heterocycles. The summed E-state index contributed by atoms with van der Waals surface area (Å²) in [7, 11) is 0. The molecular weight excluding hydrogens is 461 g/mol. The number of alkyl halides is 3. The van der Waals surface area contributed by atoms with E-state index in [4.69, 9.17) is 34.8 Å². The summed E-state index contributed by atoms with van der Waals surface area (Å²) in [5, 5.41) is 12.1. The van der Waals surface area contributed by atoms with Gasteiger partial charge in [-0.25, -0.2) is 0 Å². The maximum atomic E-state index is 11.9. The van der Waals surface area contributed by atoms with Gasteiger partial charge in [-0.05, 0) is 117 Å². The first kappa shape index (κ1) is 23.2. The Labute approximate surface area is 210 Å². The average molecular weight is 503 g/mol. The zero-order chi connectivity index (χ0) is 22.6. The van der Waals surface area contributed by atoms with E-state index in [0.29, 0.717) is 29.7 Å². The number of halogens is 3. The Morgan fingerprint density at radius 2 is 1.62 bits per heavy atom. The van der Waals surface area contributed by atoms with Gasteiger partial charge >= 0.3 is 0 Å². The van der Waals surface area contributed by atoms with E-state index in [1.165, 1.54) is 38.6 Å². The SMILES string of the molecule is C[C@H]1CC[C@@H]2N(C1)C[C@H]1[C@@H]3C[C@H]4[C@@H](CC(Cl)(Cl)[C@H]5CC(Cl)CC[C@@]54C)[C@@H]3CC[C@@H]1[C@]2(C)O. The van der Waals surface area contributed by atoms with Gasteiger partial charge in [0.15, 0.2) is 0 Å². The van der Waals surface area contributed by atoms with Crippen molar-refractivity contribution in [2.45, 2.75) is 99.9 Å². The average Bonchev–Trinajstić information content (AvgIpc) is 3.08. The Balaban J connectivity index is 1.32. The maximum absolute atomic E-state index is 11.9. The highest BCUT2D eigenvalue weighted by molar-refractivity contribution is 6.48. The molecule has 12 atom stereocenters. The Hall–Kier alpha value is 0.790. The summed E-state index contributed by atoms with van der Waals surface area (Å²) in [4.78, 5) is 2.69. The van der Waals surface area contributed by atoms with Crippen LogP contribution >= 0.6 is 34.8 Å². The standard InChI is InChI=1S/C27H42Cl3NO/c1-15-4-7-24-26(3,32)21-6-5-17-18(20(21)14-31(24)13-15)11-22-19(17)12-27(29,30)23-10-16(28)8-9-25(22,23)2/h15-24,32H,4-14H2,1-3H3/t15-,16?,17+,18+,19-,20-,21-,22-,23-,24-,25+,26-/m0/s1. The molecule has 6 aliphatic rings. The lowest BCUT2D eigenvalue weighted by atomic mass is 9.52. The van der Waals surface area contributed by atoms with Gasteiger partial charge in [0.05, 0.1) is 5.60 Å². The van der Waals surface area contributed by atoms with Crippen molar-refractivity contribution in [3.8, 4) is 0 Å². The summed E-state index contributed by atoms with van der Waals surface area (Å²) in [5.41, 5.74) is -0.336. The molecule has 0 aromatic carbocycles. The van der Waals surface area contributed by atoms with Gasteiger partial charge in [-0.15, -0.1) is 34.8 Å². The molecule has 32 heavy (non-hydrogen) atoms. The second-order valence-corrected chi connectivity index (χ2v) is 15.6. The van der Waals surface area contributed by atoms with Crippen LogP contribution in [0.15, 0.2) is 0 Å². The molecule has 2 nitrogen and oxygen atoms in total. The summed E-state index contributed by atoms with van der Waals surface area (Å²) in [5.74, 6) is 4.98. The highest BCUT2D eigenvalue weighted by Gasteiger charge is 2.66. The summed E-state index contributed by atoms with van der Waals surface area (Å²) in [6.45, 7) is 9.44. The fourth-order valence-electron chi connectivity index (χ4n) is 10.6. The number of hydrogen-bond acceptors (Lipinski definition) is 2. The van der Waals surface area contributed by atoms with Crippen LogP contribution in [0.4, 0.5) is 0 Å². The van der Waals surface area contributed by atoms with E-state index in [1.807, 2.05) is 0 Å². The number of hydrogen-bond donors (Lipinski definition) is 1. The molecule has 5 heteroatoms. The van der Waals surface area contributed by atoms with Crippen LogP contribution in [0.1, 0.15) is 78.6 Å². The molecule has 4 aliphatic carbocycles. The van der Waals surface area contributed by atoms with Crippen molar-refractivity contribution in [2.24, 2.45) is 52.8 Å². The van der Waals surface area contributed by atoms with Gasteiger partial charge in [-0.2, -0.15) is 0 Å². The quantitative estimate of drug-likeness (QED) is 0.371. The van der Waals surface area contributed by atoms with Gasteiger partial charge in [0.25, 0.3) is 0 Å². The van der Waals surface area contributed by atoms with E-state index < -0.39 is 9.93 Å². The van der Waals surface area contributed by atoms with Crippen LogP contribution in [0.3, 0.4) is 0 Å². The lowest BCUT2D eigenvalue weighted by molar-refractivity contribution is -0.175. The molecule has 0 aromatic heterocycles. The molecule has 0 amide bonds. The normalized spacial score (nSPS) is 59.3. The predicted molar refractivity (Wildman–Crippen MR) is 133 cm³/mol. The third kappa shape index (κ3) is 3.24. The smallest absolute Gasteiger partial charge is 0.122 e. The van der Waals surface area contributed by atoms with E-state index in [-0.39, 0.29) is 10.8 Å². The summed E-state index contributed by atoms with van der Waals surface area (Å²) in [6, 6.07) is 0.361. The molecule has 0 spiro atoms. The Morgan fingerprint density at radius 1 is 0.844 bits per heavy atom. The molecular formula is C27H42Cl3NO. The zero-order valence-corrected chi connectivity index (χ0v) is 22.3. The van der Waals surface area contributed by atoms with Gasteiger partial charge in [0.1, 0.15) is 4.33 Å². The van der Waals surface area contributed by atoms with Crippen molar-refractivity contribution in [3.63, 3.8) is 0 Å². The van der Waals surface area contributed by atoms with Crippen molar-refractivity contribution in [2.75, 3.05) is 13.1 Å². The van der Waals surface area contributed by atoms with Gasteiger partial charge < -0.3 is 5.11 Å². The molecule has 6 rings (SSSR count). The molecule has 2 saturated heterocycles. The molecule has 2 aliphatic heterocycles. The molecule has 0 radical (unpaired) electrons. The topological polar surface area (TPSA) is 23.5 Å². The van der Waals surface area contributed by atoms with Crippen molar-refractivity contribution < 1.29 is 5.11 Å². The number of aliphatic hydroxyl groups is 1. The van der Waals surface area contributed by atoms with Gasteiger partial charge in [0.2, 0.25) is 0 Å². The lowest BCUT2D eigenvalue weighted by Gasteiger charge is -2.60. The largest absolute Gasteiger partial charge is 0.388 e. The van der Waals surface area contributed by atoms with Crippen LogP contribution in [0.5, 0.6) is 0 Å². The summed E-state index contributed by atoms with van der Waals surface area (Å²) < 4.78 is -0.638. The minimum absolute atomic E-state index is 0.212. The fourth-order valence-corrected chi connectivity index (χ4v) is 11.9. The highest BCUT2D eigenvalue weighted by atomic mass is 35.5. The van der Waals surface area contributed by atoms with Crippen LogP contribution in [0, 0.1) is 52.8 Å². The molecule has 0 aromatic rings. The maximum Gasteiger partial charge on any atom is 0.122 e. The molecule has 4 saturated carbocycles. The minimum atomic E-state index is -0.638. The molecule has 6 fully saturated rings. The molecule has 0 bridgehead atoms. The fraction of sp³-hybridized carbons (Fsp3) is 1.00. The van der Waals surface area contributed by atoms with Crippen molar-refractivity contribution in [3.05, 3.63) is 0 Å². The minimum Gasteiger partial charge on any atom is -0.388 e. The third-order valence-corrected chi connectivity index (χ3v) is 13.2. The van der Waals surface area contributed by atoms with E-state index in [1.54, 1.807) is 0 Å². The first-order chi connectivity index (χ1) is 15.0. The van der Waals surface area contributed by atoms with E-state index in [0.717, 1.165) is 55.9 Å². The summed E-state index contributed by atoms with van der Waals surface area (Å²) >= 11 is 20.9. The first-order valence-electron chi connectivity index (χ1n) is 13.5. The van der Waals surface area contributed by atoms with Crippen LogP contribution in [-0.2, 0) is 0 Å². The second kappa shape index (κ2) is 7.64. The monoisotopic (exact) mass is 501 g/mol.